The number of benzene rings is 1. The third-order valence-corrected chi connectivity index (χ3v) is 8.14. The van der Waals surface area contributed by atoms with E-state index in [0.717, 1.165) is 60.3 Å². The summed E-state index contributed by atoms with van der Waals surface area (Å²) in [6.07, 6.45) is 15.1. The highest BCUT2D eigenvalue weighted by atomic mass is 16.2. The maximum atomic E-state index is 13.4. The van der Waals surface area contributed by atoms with E-state index >= 15 is 0 Å². The number of hydrogen-bond acceptors (Lipinski definition) is 3. The Kier molecular flexibility index (Phi) is 7.94. The van der Waals surface area contributed by atoms with E-state index in [1.54, 1.807) is 6.08 Å². The van der Waals surface area contributed by atoms with E-state index in [2.05, 4.69) is 75.3 Å². The Morgan fingerprint density at radius 3 is 2.61 bits per heavy atom. The first-order chi connectivity index (χ1) is 17.3. The molecule has 3 fully saturated rings. The fourth-order valence-electron chi connectivity index (χ4n) is 5.81. The predicted molar refractivity (Wildman–Crippen MR) is 152 cm³/mol. The monoisotopic (exact) mass is 483 g/mol. The van der Waals surface area contributed by atoms with E-state index in [-0.39, 0.29) is 11.3 Å². The number of aliphatic imine (C=N–C) groups is 1. The summed E-state index contributed by atoms with van der Waals surface area (Å²) in [5.74, 6) is 0.172. The number of rotatable bonds is 10. The Balaban J connectivity index is 1.59. The summed E-state index contributed by atoms with van der Waals surface area (Å²) >= 11 is 0. The summed E-state index contributed by atoms with van der Waals surface area (Å²) in [5.41, 5.74) is 8.00. The van der Waals surface area contributed by atoms with Gasteiger partial charge in [-0.2, -0.15) is 0 Å². The molecule has 0 aromatic heterocycles. The first kappa shape index (κ1) is 26.1. The molecule has 1 aromatic carbocycles. The molecule has 2 heterocycles. The van der Waals surface area contributed by atoms with Crippen molar-refractivity contribution in [2.24, 2.45) is 4.99 Å². The van der Waals surface area contributed by atoms with E-state index in [1.165, 1.54) is 24.0 Å². The molecular formula is C32H41N3O. The Bertz CT molecular complexity index is 1160. The summed E-state index contributed by atoms with van der Waals surface area (Å²) in [4.78, 5) is 20.3. The quantitative estimate of drug-likeness (QED) is 0.306. The number of allylic oxidation sites excluding steroid dienone is 7. The number of carbonyl (C=O) groups excluding carboxylic acids is 1. The Hall–Kier alpha value is -2.98. The van der Waals surface area contributed by atoms with Gasteiger partial charge in [0.25, 0.3) is 5.91 Å². The van der Waals surface area contributed by atoms with Crippen LogP contribution in [0.2, 0.25) is 0 Å². The molecule has 36 heavy (non-hydrogen) atoms. The zero-order valence-corrected chi connectivity index (χ0v) is 22.4. The Morgan fingerprint density at radius 2 is 2.03 bits per heavy atom. The van der Waals surface area contributed by atoms with Crippen LogP contribution in [0, 0.1) is 0 Å². The second-order valence-corrected chi connectivity index (χ2v) is 10.8. The number of carbonyl (C=O) groups is 1. The third kappa shape index (κ3) is 5.54. The minimum atomic E-state index is 0.172. The van der Waals surface area contributed by atoms with Crippen molar-refractivity contribution >= 4 is 11.6 Å². The van der Waals surface area contributed by atoms with Crippen molar-refractivity contribution in [1.82, 2.24) is 10.2 Å². The lowest BCUT2D eigenvalue weighted by molar-refractivity contribution is 0.0716. The molecule has 2 atom stereocenters. The van der Waals surface area contributed by atoms with Gasteiger partial charge in [-0.25, -0.2) is 0 Å². The maximum Gasteiger partial charge on any atom is 0.254 e. The second-order valence-electron chi connectivity index (χ2n) is 10.8. The third-order valence-electron chi connectivity index (χ3n) is 8.14. The lowest BCUT2D eigenvalue weighted by Crippen LogP contribution is -2.46. The van der Waals surface area contributed by atoms with Gasteiger partial charge in [-0.15, -0.1) is 0 Å². The standard InChI is InChI=1S/C32H41N3O/c1-7-10-22(4)15-23(5)25(8-2)19-33-24(6)16-27-17-26(11-12-30(27)32(9-3)13-14-32)31(36)35-21-28-18-29(35)20-34-28/h7-8,10-12,15,17,19,28-29,34H,1-2,9,13-14,16,18,20-21H2,3-6H3/b22-10-,23-15+,25-19+,33-24+/t28-,29?/m0/s1. The van der Waals surface area contributed by atoms with Gasteiger partial charge in [-0.3, -0.25) is 9.79 Å². The molecule has 2 bridgehead atoms. The smallest absolute Gasteiger partial charge is 0.254 e. The van der Waals surface area contributed by atoms with Crippen LogP contribution < -0.4 is 5.32 Å². The summed E-state index contributed by atoms with van der Waals surface area (Å²) < 4.78 is 0. The van der Waals surface area contributed by atoms with Gasteiger partial charge in [-0.1, -0.05) is 56.0 Å². The van der Waals surface area contributed by atoms with E-state index in [0.29, 0.717) is 12.1 Å². The molecule has 1 N–H and O–H groups in total. The van der Waals surface area contributed by atoms with Gasteiger partial charge in [0.2, 0.25) is 0 Å². The highest BCUT2D eigenvalue weighted by molar-refractivity contribution is 5.95. The molecule has 190 valence electrons. The largest absolute Gasteiger partial charge is 0.333 e. The second kappa shape index (κ2) is 11.0. The summed E-state index contributed by atoms with van der Waals surface area (Å²) in [5, 5.41) is 3.49. The molecule has 2 saturated heterocycles. The SMILES string of the molecule is C=C\C=C(C)/C=C(C)/C(C=C)=C/N=C(\C)Cc1cc(C(=O)N2C[C@@H]3CC2CN3)ccc1C1(CC)CC1. The normalized spacial score (nSPS) is 23.7. The molecule has 1 aliphatic carbocycles. The average Bonchev–Trinajstić information content (AvgIpc) is 3.36. The van der Waals surface area contributed by atoms with Crippen LogP contribution in [0.15, 0.2) is 83.6 Å². The summed E-state index contributed by atoms with van der Waals surface area (Å²) in [7, 11) is 0. The van der Waals surface area contributed by atoms with Crippen LogP contribution in [0.3, 0.4) is 0 Å². The molecule has 0 radical (unpaired) electrons. The zero-order valence-electron chi connectivity index (χ0n) is 22.4. The average molecular weight is 484 g/mol. The maximum absolute atomic E-state index is 13.4. The minimum Gasteiger partial charge on any atom is -0.333 e. The highest BCUT2D eigenvalue weighted by Gasteiger charge is 2.44. The van der Waals surface area contributed by atoms with E-state index in [9.17, 15) is 4.79 Å². The van der Waals surface area contributed by atoms with Crippen LogP contribution in [-0.2, 0) is 11.8 Å². The molecule has 1 unspecified atom stereocenters. The molecule has 0 spiro atoms. The highest BCUT2D eigenvalue weighted by Crippen LogP contribution is 2.52. The molecule has 1 saturated carbocycles. The fourth-order valence-corrected chi connectivity index (χ4v) is 5.81. The van der Waals surface area contributed by atoms with Gasteiger partial charge in [-0.05, 0) is 86.3 Å². The van der Waals surface area contributed by atoms with Crippen molar-refractivity contribution in [2.45, 2.75) is 77.3 Å². The van der Waals surface area contributed by atoms with Crippen molar-refractivity contribution in [3.8, 4) is 0 Å². The van der Waals surface area contributed by atoms with E-state index < -0.39 is 0 Å². The van der Waals surface area contributed by atoms with Crippen molar-refractivity contribution in [2.75, 3.05) is 13.1 Å². The van der Waals surface area contributed by atoms with Crippen molar-refractivity contribution in [3.63, 3.8) is 0 Å². The number of likely N-dealkylation sites (tertiary alicyclic amines) is 1. The Labute approximate surface area is 217 Å². The number of nitrogens with zero attached hydrogens (tertiary/aromatic N) is 2. The molecule has 1 aromatic rings. The Morgan fingerprint density at radius 1 is 1.25 bits per heavy atom. The predicted octanol–water partition coefficient (Wildman–Crippen LogP) is 6.47. The number of nitrogens with one attached hydrogen (secondary N) is 1. The number of amides is 1. The molecule has 4 nitrogen and oxygen atoms in total. The van der Waals surface area contributed by atoms with Gasteiger partial charge in [0.15, 0.2) is 0 Å². The first-order valence-electron chi connectivity index (χ1n) is 13.3. The van der Waals surface area contributed by atoms with Gasteiger partial charge in [0.1, 0.15) is 0 Å². The van der Waals surface area contributed by atoms with Gasteiger partial charge in [0, 0.05) is 49.1 Å². The summed E-state index contributed by atoms with van der Waals surface area (Å²) in [6, 6.07) is 7.24. The number of hydrogen-bond donors (Lipinski definition) is 1. The molecule has 1 amide bonds. The molecular weight excluding hydrogens is 442 g/mol. The number of fused-ring (bicyclic) bond motifs is 2. The van der Waals surface area contributed by atoms with Gasteiger partial charge >= 0.3 is 0 Å². The van der Waals surface area contributed by atoms with Crippen LogP contribution in [-0.4, -0.2) is 41.7 Å². The van der Waals surface area contributed by atoms with Crippen molar-refractivity contribution in [1.29, 1.82) is 0 Å². The van der Waals surface area contributed by atoms with Gasteiger partial charge in [0.05, 0.1) is 0 Å². The zero-order chi connectivity index (χ0) is 25.9. The number of piperazine rings is 1. The van der Waals surface area contributed by atoms with E-state index in [4.69, 9.17) is 4.99 Å². The lowest BCUT2D eigenvalue weighted by Gasteiger charge is -2.28. The lowest BCUT2D eigenvalue weighted by atomic mass is 9.86. The van der Waals surface area contributed by atoms with Crippen LogP contribution in [0.4, 0.5) is 0 Å². The topological polar surface area (TPSA) is 44.7 Å². The van der Waals surface area contributed by atoms with Crippen LogP contribution >= 0.6 is 0 Å². The molecule has 4 heteroatoms. The van der Waals surface area contributed by atoms with Crippen LogP contribution in [0.25, 0.3) is 0 Å². The first-order valence-corrected chi connectivity index (χ1v) is 13.3. The van der Waals surface area contributed by atoms with Crippen molar-refractivity contribution < 1.29 is 4.79 Å². The molecule has 2 aliphatic heterocycles. The van der Waals surface area contributed by atoms with Gasteiger partial charge < -0.3 is 10.2 Å². The summed E-state index contributed by atoms with van der Waals surface area (Å²) in [6.45, 7) is 18.0. The van der Waals surface area contributed by atoms with Crippen LogP contribution in [0.1, 0.15) is 74.9 Å². The fraction of sp³-hybridized carbons (Fsp3) is 0.438. The minimum absolute atomic E-state index is 0.172. The van der Waals surface area contributed by atoms with Crippen LogP contribution in [0.5, 0.6) is 0 Å². The molecule has 3 aliphatic rings. The van der Waals surface area contributed by atoms with Crippen molar-refractivity contribution in [3.05, 3.63) is 95.3 Å². The molecule has 4 rings (SSSR count). The van der Waals surface area contributed by atoms with E-state index in [1.807, 2.05) is 18.4 Å².